The van der Waals surface area contributed by atoms with E-state index in [1.54, 1.807) is 7.11 Å². The van der Waals surface area contributed by atoms with E-state index in [0.29, 0.717) is 30.7 Å². The van der Waals surface area contributed by atoms with Crippen molar-refractivity contribution in [3.8, 4) is 28.5 Å². The Morgan fingerprint density at radius 3 is 2.49 bits per heavy atom. The fraction of sp³-hybridized carbons (Fsp3) is 0.429. The van der Waals surface area contributed by atoms with Crippen LogP contribution in [0.2, 0.25) is 0 Å². The number of alkyl carbamates (subject to hydrolysis) is 1. The maximum Gasteiger partial charge on any atom is 0.408 e. The lowest BCUT2D eigenvalue weighted by Crippen LogP contribution is -2.56. The van der Waals surface area contributed by atoms with Gasteiger partial charge in [0.15, 0.2) is 5.82 Å². The van der Waals surface area contributed by atoms with Crippen molar-refractivity contribution in [3.63, 3.8) is 0 Å². The van der Waals surface area contributed by atoms with E-state index in [4.69, 9.17) is 20.2 Å². The lowest BCUT2D eigenvalue weighted by Gasteiger charge is -2.42. The van der Waals surface area contributed by atoms with Crippen LogP contribution in [0.15, 0.2) is 30.5 Å². The summed E-state index contributed by atoms with van der Waals surface area (Å²) < 4.78 is 10.8. The molecule has 0 bridgehead atoms. The van der Waals surface area contributed by atoms with Crippen LogP contribution in [0.3, 0.4) is 0 Å². The molecule has 2 aliphatic carbocycles. The van der Waals surface area contributed by atoms with Crippen molar-refractivity contribution in [2.24, 2.45) is 5.73 Å². The van der Waals surface area contributed by atoms with Crippen LogP contribution in [0.5, 0.6) is 5.75 Å². The molecule has 194 valence electrons. The van der Waals surface area contributed by atoms with Crippen molar-refractivity contribution in [1.29, 1.82) is 0 Å². The molecule has 2 amide bonds. The number of benzene rings is 1. The highest BCUT2D eigenvalue weighted by Crippen LogP contribution is 2.40. The summed E-state index contributed by atoms with van der Waals surface area (Å²) in [6.45, 7) is 5.51. The van der Waals surface area contributed by atoms with Gasteiger partial charge in [-0.2, -0.15) is 0 Å². The number of carbonyl (C=O) groups excluding carboxylic acids is 2. The molecule has 2 heterocycles. The maximum atomic E-state index is 12.7. The van der Waals surface area contributed by atoms with Crippen LogP contribution in [-0.4, -0.2) is 45.2 Å². The smallest absolute Gasteiger partial charge is 0.408 e. The largest absolute Gasteiger partial charge is 0.497 e. The van der Waals surface area contributed by atoms with Crippen LogP contribution >= 0.6 is 0 Å². The number of aromatic nitrogens is 3. The molecule has 1 fully saturated rings. The van der Waals surface area contributed by atoms with Gasteiger partial charge in [-0.05, 0) is 88.3 Å². The second-order valence-corrected chi connectivity index (χ2v) is 10.9. The molecule has 0 spiro atoms. The van der Waals surface area contributed by atoms with Gasteiger partial charge in [0.25, 0.3) is 5.91 Å². The number of rotatable bonds is 6. The Morgan fingerprint density at radius 2 is 1.89 bits per heavy atom. The molecule has 0 unspecified atom stereocenters. The van der Waals surface area contributed by atoms with Gasteiger partial charge in [0.2, 0.25) is 0 Å². The van der Waals surface area contributed by atoms with Crippen LogP contribution in [0.4, 0.5) is 4.79 Å². The number of nitrogens with zero attached hydrogens (tertiary/aromatic N) is 2. The summed E-state index contributed by atoms with van der Waals surface area (Å²) in [6.07, 6.45) is 5.83. The summed E-state index contributed by atoms with van der Waals surface area (Å²) in [4.78, 5) is 38.2. The van der Waals surface area contributed by atoms with Crippen LogP contribution in [0.1, 0.15) is 67.2 Å². The Labute approximate surface area is 216 Å². The molecule has 1 aromatic carbocycles. The second-order valence-electron chi connectivity index (χ2n) is 10.9. The first-order chi connectivity index (χ1) is 17.6. The molecular weight excluding hydrogens is 470 g/mol. The van der Waals surface area contributed by atoms with Crippen LogP contribution < -0.4 is 15.8 Å². The van der Waals surface area contributed by atoms with E-state index in [1.165, 1.54) is 0 Å². The third-order valence-electron chi connectivity index (χ3n) is 7.11. The van der Waals surface area contributed by atoms with Gasteiger partial charge < -0.3 is 25.5 Å². The topological polar surface area (TPSA) is 132 Å². The Kier molecular flexibility index (Phi) is 6.17. The first kappa shape index (κ1) is 24.8. The van der Waals surface area contributed by atoms with E-state index in [0.717, 1.165) is 58.8 Å². The van der Waals surface area contributed by atoms with Crippen molar-refractivity contribution in [2.75, 3.05) is 7.11 Å². The van der Waals surface area contributed by atoms with Crippen LogP contribution in [-0.2, 0) is 24.0 Å². The monoisotopic (exact) mass is 503 g/mol. The molecule has 0 atom stereocenters. The number of hydrogen-bond donors (Lipinski definition) is 3. The van der Waals surface area contributed by atoms with Crippen molar-refractivity contribution in [2.45, 2.75) is 70.4 Å². The van der Waals surface area contributed by atoms with Gasteiger partial charge >= 0.3 is 6.09 Å². The highest BCUT2D eigenvalue weighted by atomic mass is 16.6. The Bertz CT molecular complexity index is 1350. The average Bonchev–Trinajstić information content (AvgIpc) is 3.19. The lowest BCUT2D eigenvalue weighted by molar-refractivity contribution is 0.0382. The standard InChI is InChI=1S/C28H33N5O4/c1-27(2,3)37-26(35)33-28(12-5-13-28)14-20-21(24(29)34)19-11-8-17-15-30-25(32-22(17)23(19)31-20)16-6-9-18(36-4)10-7-16/h6-7,9-10,15,31H,5,8,11-14H2,1-4H3,(H2,29,34)(H,33,35). The number of hydrogen-bond acceptors (Lipinski definition) is 6. The SMILES string of the molecule is COc1ccc(-c2ncc3c(n2)-c2[nH]c(CC4(NC(=O)OC(C)(C)C)CCC4)c(C(N)=O)c2CC3)cc1. The fourth-order valence-electron chi connectivity index (χ4n) is 5.23. The minimum absolute atomic E-state index is 0.452. The van der Waals surface area contributed by atoms with E-state index in [1.807, 2.05) is 51.2 Å². The number of fused-ring (bicyclic) bond motifs is 3. The summed E-state index contributed by atoms with van der Waals surface area (Å²) in [6, 6.07) is 7.58. The number of primary amides is 1. The molecule has 9 heteroatoms. The summed E-state index contributed by atoms with van der Waals surface area (Å²) >= 11 is 0. The molecule has 2 aromatic heterocycles. The Hall–Kier alpha value is -3.88. The molecule has 4 N–H and O–H groups in total. The third-order valence-corrected chi connectivity index (χ3v) is 7.11. The van der Waals surface area contributed by atoms with Crippen molar-refractivity contribution in [1.82, 2.24) is 20.3 Å². The summed E-state index contributed by atoms with van der Waals surface area (Å²) in [5.74, 6) is 0.870. The number of aryl methyl sites for hydroxylation is 1. The number of carbonyl (C=O) groups is 2. The van der Waals surface area contributed by atoms with E-state index >= 15 is 0 Å². The number of methoxy groups -OCH3 is 1. The summed E-state index contributed by atoms with van der Waals surface area (Å²) in [7, 11) is 1.63. The van der Waals surface area contributed by atoms with Gasteiger partial charge in [-0.1, -0.05) is 0 Å². The maximum absolute atomic E-state index is 12.7. The molecule has 1 saturated carbocycles. The van der Waals surface area contributed by atoms with Gasteiger partial charge in [-0.25, -0.2) is 14.8 Å². The van der Waals surface area contributed by atoms with Gasteiger partial charge in [0, 0.05) is 29.4 Å². The molecule has 0 aliphatic heterocycles. The summed E-state index contributed by atoms with van der Waals surface area (Å²) in [5.41, 5.74) is 10.4. The van der Waals surface area contributed by atoms with Crippen molar-refractivity contribution >= 4 is 12.0 Å². The van der Waals surface area contributed by atoms with Crippen LogP contribution in [0, 0.1) is 0 Å². The van der Waals surface area contributed by atoms with E-state index < -0.39 is 23.1 Å². The zero-order valence-corrected chi connectivity index (χ0v) is 21.7. The quantitative estimate of drug-likeness (QED) is 0.459. The minimum Gasteiger partial charge on any atom is -0.497 e. The zero-order chi connectivity index (χ0) is 26.4. The minimum atomic E-state index is -0.593. The highest BCUT2D eigenvalue weighted by Gasteiger charge is 2.42. The van der Waals surface area contributed by atoms with Gasteiger partial charge in [-0.3, -0.25) is 4.79 Å². The molecule has 5 rings (SSSR count). The predicted octanol–water partition coefficient (Wildman–Crippen LogP) is 4.33. The summed E-state index contributed by atoms with van der Waals surface area (Å²) in [5, 5.41) is 3.07. The third kappa shape index (κ3) is 4.90. The zero-order valence-electron chi connectivity index (χ0n) is 21.7. The fourth-order valence-corrected chi connectivity index (χ4v) is 5.23. The molecule has 0 saturated heterocycles. The number of H-pyrrole nitrogens is 1. The van der Waals surface area contributed by atoms with E-state index in [9.17, 15) is 9.59 Å². The normalized spacial score (nSPS) is 15.7. The second kappa shape index (κ2) is 9.21. The first-order valence-electron chi connectivity index (χ1n) is 12.6. The average molecular weight is 504 g/mol. The molecule has 0 radical (unpaired) electrons. The number of ether oxygens (including phenoxy) is 2. The Morgan fingerprint density at radius 1 is 1.16 bits per heavy atom. The van der Waals surface area contributed by atoms with Crippen LogP contribution in [0.25, 0.3) is 22.8 Å². The lowest BCUT2D eigenvalue weighted by atomic mass is 9.73. The van der Waals surface area contributed by atoms with Crippen molar-refractivity contribution in [3.05, 3.63) is 52.8 Å². The molecule has 9 nitrogen and oxygen atoms in total. The van der Waals surface area contributed by atoms with Gasteiger partial charge in [0.05, 0.1) is 24.1 Å². The molecule has 37 heavy (non-hydrogen) atoms. The molecule has 2 aliphatic rings. The highest BCUT2D eigenvalue weighted by molar-refractivity contribution is 5.98. The first-order valence-corrected chi connectivity index (χ1v) is 12.6. The number of aromatic amines is 1. The van der Waals surface area contributed by atoms with Gasteiger partial charge in [-0.15, -0.1) is 0 Å². The molecular formula is C28H33N5O4. The molecule has 3 aromatic rings. The van der Waals surface area contributed by atoms with E-state index in [2.05, 4.69) is 15.3 Å². The number of amides is 2. The van der Waals surface area contributed by atoms with Crippen molar-refractivity contribution < 1.29 is 19.1 Å². The number of nitrogens with one attached hydrogen (secondary N) is 2. The number of nitrogens with two attached hydrogens (primary N) is 1. The Balaban J connectivity index is 1.50. The predicted molar refractivity (Wildman–Crippen MR) is 139 cm³/mol. The van der Waals surface area contributed by atoms with E-state index in [-0.39, 0.29) is 0 Å². The van der Waals surface area contributed by atoms with Gasteiger partial charge in [0.1, 0.15) is 11.4 Å².